The van der Waals surface area contributed by atoms with E-state index < -0.39 is 0 Å². The molecular formula is C28H30ClN3S. The standard InChI is InChI=1S/C28H30ClN3S/c1-18(2)22-9-11-23(12-10-22)24-19(3)33-27-25(24)26(30-28(29)31-27)32-15-13-21(14-16-32)17-20-7-5-4-6-8-20/h4-12,18,21H,13-17H2,1-3H3. The van der Waals surface area contributed by atoms with E-state index in [0.29, 0.717) is 17.1 Å². The maximum absolute atomic E-state index is 6.40. The number of rotatable bonds is 5. The van der Waals surface area contributed by atoms with E-state index in [1.807, 2.05) is 0 Å². The topological polar surface area (TPSA) is 29.0 Å². The molecule has 0 spiro atoms. The van der Waals surface area contributed by atoms with Gasteiger partial charge in [0.05, 0.1) is 5.39 Å². The Morgan fingerprint density at radius 1 is 1.00 bits per heavy atom. The summed E-state index contributed by atoms with van der Waals surface area (Å²) in [6.45, 7) is 8.65. The molecule has 0 aliphatic carbocycles. The minimum Gasteiger partial charge on any atom is -0.356 e. The van der Waals surface area contributed by atoms with Crippen LogP contribution in [0.2, 0.25) is 5.28 Å². The maximum Gasteiger partial charge on any atom is 0.225 e. The van der Waals surface area contributed by atoms with Crippen molar-refractivity contribution in [2.24, 2.45) is 5.92 Å². The molecule has 4 aromatic rings. The fourth-order valence-corrected chi connectivity index (χ4v) is 6.23. The van der Waals surface area contributed by atoms with Gasteiger partial charge < -0.3 is 4.90 Å². The van der Waals surface area contributed by atoms with Crippen LogP contribution in [0.1, 0.15) is 48.6 Å². The van der Waals surface area contributed by atoms with Crippen molar-refractivity contribution < 1.29 is 0 Å². The molecule has 33 heavy (non-hydrogen) atoms. The summed E-state index contributed by atoms with van der Waals surface area (Å²) in [5.74, 6) is 2.23. The highest BCUT2D eigenvalue weighted by atomic mass is 35.5. The summed E-state index contributed by atoms with van der Waals surface area (Å²) in [4.78, 5) is 14.0. The van der Waals surface area contributed by atoms with Crippen LogP contribution >= 0.6 is 22.9 Å². The van der Waals surface area contributed by atoms with Gasteiger partial charge in [0, 0.05) is 23.5 Å². The lowest BCUT2D eigenvalue weighted by Gasteiger charge is -2.33. The van der Waals surface area contributed by atoms with Gasteiger partial charge in [-0.1, -0.05) is 68.4 Å². The molecule has 0 bridgehead atoms. The highest BCUT2D eigenvalue weighted by Crippen LogP contribution is 2.43. The third kappa shape index (κ3) is 4.64. The Kier molecular flexibility index (Phi) is 6.40. The molecule has 1 saturated heterocycles. The Balaban J connectivity index is 1.46. The van der Waals surface area contributed by atoms with E-state index in [4.69, 9.17) is 16.6 Å². The predicted molar refractivity (Wildman–Crippen MR) is 142 cm³/mol. The molecule has 0 unspecified atom stereocenters. The molecule has 1 aliphatic heterocycles. The average molecular weight is 476 g/mol. The largest absolute Gasteiger partial charge is 0.356 e. The van der Waals surface area contributed by atoms with Crippen LogP contribution in [0, 0.1) is 12.8 Å². The summed E-state index contributed by atoms with van der Waals surface area (Å²) in [7, 11) is 0. The van der Waals surface area contributed by atoms with Crippen molar-refractivity contribution in [3.05, 3.63) is 75.9 Å². The Hall–Kier alpha value is -2.43. The average Bonchev–Trinajstić information content (AvgIpc) is 3.15. The van der Waals surface area contributed by atoms with Crippen LogP contribution in [-0.2, 0) is 6.42 Å². The first kappa shape index (κ1) is 22.4. The molecule has 1 fully saturated rings. The minimum absolute atomic E-state index is 0.340. The van der Waals surface area contributed by atoms with Gasteiger partial charge in [-0.2, -0.15) is 4.98 Å². The summed E-state index contributed by atoms with van der Waals surface area (Å²) < 4.78 is 0. The molecule has 0 N–H and O–H groups in total. The van der Waals surface area contributed by atoms with Gasteiger partial charge in [0.15, 0.2) is 0 Å². The number of fused-ring (bicyclic) bond motifs is 1. The first-order valence-corrected chi connectivity index (χ1v) is 13.0. The number of anilines is 1. The zero-order valence-corrected chi connectivity index (χ0v) is 21.1. The number of hydrogen-bond acceptors (Lipinski definition) is 4. The number of thiophene rings is 1. The number of benzene rings is 2. The molecule has 3 heterocycles. The van der Waals surface area contributed by atoms with Crippen LogP contribution in [0.4, 0.5) is 5.82 Å². The number of nitrogens with zero attached hydrogens (tertiary/aromatic N) is 3. The van der Waals surface area contributed by atoms with Gasteiger partial charge in [-0.05, 0) is 66.3 Å². The van der Waals surface area contributed by atoms with E-state index in [2.05, 4.69) is 85.3 Å². The van der Waals surface area contributed by atoms with E-state index in [0.717, 1.165) is 35.5 Å². The number of piperidine rings is 1. The second-order valence-electron chi connectivity index (χ2n) is 9.43. The van der Waals surface area contributed by atoms with Crippen LogP contribution in [-0.4, -0.2) is 23.1 Å². The van der Waals surface area contributed by atoms with Crippen molar-refractivity contribution in [2.75, 3.05) is 18.0 Å². The van der Waals surface area contributed by atoms with Crippen LogP contribution in [0.15, 0.2) is 54.6 Å². The minimum atomic E-state index is 0.340. The van der Waals surface area contributed by atoms with Crippen LogP contribution in [0.3, 0.4) is 0 Å². The lowest BCUT2D eigenvalue weighted by Crippen LogP contribution is -2.35. The molecule has 3 nitrogen and oxygen atoms in total. The molecule has 0 saturated carbocycles. The smallest absolute Gasteiger partial charge is 0.225 e. The molecule has 0 radical (unpaired) electrons. The van der Waals surface area contributed by atoms with E-state index >= 15 is 0 Å². The highest BCUT2D eigenvalue weighted by molar-refractivity contribution is 7.19. The third-order valence-corrected chi connectivity index (χ3v) is 8.00. The zero-order chi connectivity index (χ0) is 22.9. The Morgan fingerprint density at radius 3 is 2.36 bits per heavy atom. The Morgan fingerprint density at radius 2 is 1.70 bits per heavy atom. The number of hydrogen-bond donors (Lipinski definition) is 0. The Labute approximate surface area is 205 Å². The molecule has 5 rings (SSSR count). The third-order valence-electron chi connectivity index (χ3n) is 6.83. The van der Waals surface area contributed by atoms with Crippen molar-refractivity contribution in [3.63, 3.8) is 0 Å². The van der Waals surface area contributed by atoms with Crippen molar-refractivity contribution in [3.8, 4) is 11.1 Å². The molecular weight excluding hydrogens is 446 g/mol. The van der Waals surface area contributed by atoms with E-state index in [1.165, 1.54) is 40.0 Å². The van der Waals surface area contributed by atoms with E-state index in [-0.39, 0.29) is 0 Å². The molecule has 0 amide bonds. The molecule has 170 valence electrons. The van der Waals surface area contributed by atoms with Crippen LogP contribution in [0.5, 0.6) is 0 Å². The number of aryl methyl sites for hydroxylation is 1. The second-order valence-corrected chi connectivity index (χ2v) is 11.0. The Bertz CT molecular complexity index is 1240. The fourth-order valence-electron chi connectivity index (χ4n) is 4.98. The first-order valence-electron chi connectivity index (χ1n) is 11.9. The van der Waals surface area contributed by atoms with Gasteiger partial charge in [-0.3, -0.25) is 0 Å². The highest BCUT2D eigenvalue weighted by Gasteiger charge is 2.26. The molecule has 2 aromatic heterocycles. The molecule has 1 aliphatic rings. The first-order chi connectivity index (χ1) is 16.0. The normalized spacial score (nSPS) is 15.0. The van der Waals surface area contributed by atoms with Crippen molar-refractivity contribution >= 4 is 39.0 Å². The molecule has 0 atom stereocenters. The quantitative estimate of drug-likeness (QED) is 0.274. The summed E-state index contributed by atoms with van der Waals surface area (Å²) >= 11 is 8.12. The summed E-state index contributed by atoms with van der Waals surface area (Å²) in [6.07, 6.45) is 3.48. The summed E-state index contributed by atoms with van der Waals surface area (Å²) in [5, 5.41) is 1.49. The maximum atomic E-state index is 6.40. The van der Waals surface area contributed by atoms with Crippen molar-refractivity contribution in [1.29, 1.82) is 0 Å². The van der Waals surface area contributed by atoms with Crippen molar-refractivity contribution in [2.45, 2.75) is 46.0 Å². The van der Waals surface area contributed by atoms with E-state index in [1.54, 1.807) is 11.3 Å². The molecule has 2 aromatic carbocycles. The SMILES string of the molecule is Cc1sc2nc(Cl)nc(N3CCC(Cc4ccccc4)CC3)c2c1-c1ccc(C(C)C)cc1. The van der Waals surface area contributed by atoms with Crippen LogP contribution < -0.4 is 4.90 Å². The van der Waals surface area contributed by atoms with Gasteiger partial charge >= 0.3 is 0 Å². The summed E-state index contributed by atoms with van der Waals surface area (Å²) in [6, 6.07) is 19.8. The van der Waals surface area contributed by atoms with Crippen LogP contribution in [0.25, 0.3) is 21.3 Å². The van der Waals surface area contributed by atoms with Gasteiger partial charge in [-0.15, -0.1) is 11.3 Å². The second kappa shape index (κ2) is 9.44. The van der Waals surface area contributed by atoms with Gasteiger partial charge in [0.25, 0.3) is 0 Å². The van der Waals surface area contributed by atoms with Gasteiger partial charge in [0.2, 0.25) is 5.28 Å². The fraction of sp³-hybridized carbons (Fsp3) is 0.357. The predicted octanol–water partition coefficient (Wildman–Crippen LogP) is 7.90. The van der Waals surface area contributed by atoms with E-state index in [9.17, 15) is 0 Å². The lowest BCUT2D eigenvalue weighted by molar-refractivity contribution is 0.403. The number of halogens is 1. The lowest BCUT2D eigenvalue weighted by atomic mass is 9.90. The number of aromatic nitrogens is 2. The van der Waals surface area contributed by atoms with Gasteiger partial charge in [0.1, 0.15) is 10.6 Å². The zero-order valence-electron chi connectivity index (χ0n) is 19.5. The van der Waals surface area contributed by atoms with Gasteiger partial charge in [-0.25, -0.2) is 4.98 Å². The monoisotopic (exact) mass is 475 g/mol. The molecule has 5 heteroatoms. The summed E-state index contributed by atoms with van der Waals surface area (Å²) in [5.41, 5.74) is 5.28. The van der Waals surface area contributed by atoms with Crippen molar-refractivity contribution in [1.82, 2.24) is 9.97 Å².